The number of ether oxygens (including phenoxy) is 6. The van der Waals surface area contributed by atoms with E-state index in [1.807, 2.05) is 41.5 Å². The van der Waals surface area contributed by atoms with Gasteiger partial charge in [-0.3, -0.25) is 0 Å². The number of rotatable bonds is 35. The van der Waals surface area contributed by atoms with Gasteiger partial charge >= 0.3 is 72.7 Å². The zero-order valence-electron chi connectivity index (χ0n) is 60.6. The molecular formula is C78H86O30. The Morgan fingerprint density at radius 2 is 0.389 bits per heavy atom. The molecule has 4 unspecified atom stereocenters. The lowest BCUT2D eigenvalue weighted by Gasteiger charge is -2.36. The van der Waals surface area contributed by atoms with E-state index >= 15 is 0 Å². The van der Waals surface area contributed by atoms with Crippen molar-refractivity contribution >= 4 is 72.7 Å². The minimum Gasteiger partial charge on any atom is -0.432 e. The molecule has 578 valence electrons. The highest BCUT2D eigenvalue weighted by molar-refractivity contribution is 5.92. The lowest BCUT2D eigenvalue weighted by atomic mass is 9.74. The Bertz CT molecular complexity index is 3620. The van der Waals surface area contributed by atoms with Crippen molar-refractivity contribution < 1.29 is 145 Å². The molecule has 108 heavy (non-hydrogen) atoms. The maximum atomic E-state index is 13.8. The van der Waals surface area contributed by atoms with Gasteiger partial charge in [-0.15, -0.1) is 0 Å². The molecule has 0 aliphatic heterocycles. The predicted octanol–water partition coefficient (Wildman–Crippen LogP) is 15.5. The molecule has 0 spiro atoms. The smallest absolute Gasteiger partial charge is 0.432 e. The summed E-state index contributed by atoms with van der Waals surface area (Å²) in [6.45, 7) is 6.03. The standard InChI is InChI=1S/C78H86O30/c1-7-13-51-19-31-57(32-20-51)67(79)97-103-73(85)91-45-43-63(47-93-75(87)105-99-69(81)59-35-23-53(15-9-3)24-36-59)65(49-95-77(89)107-101-71(83)61-39-27-55(17-11-5)28-40-61)66(50-96-78(90)108-102-72(84)62-41-29-56(18-12-6)30-42-62)64(48-94-76(88)106-100-70(82)60-37-25-54(16-10-4)26-38-60)44-46-92-74(86)104-98-68(80)58-33-21-52(14-8-2)22-34-58/h19-42,63-66H,7-18,43-50H2,1-6H3. The second-order valence-electron chi connectivity index (χ2n) is 24.3. The van der Waals surface area contributed by atoms with Crippen LogP contribution >= 0.6 is 0 Å². The van der Waals surface area contributed by atoms with E-state index in [0.29, 0.717) is 38.5 Å². The summed E-state index contributed by atoms with van der Waals surface area (Å²) in [6.07, 6.45) is -2.37. The molecule has 0 aromatic heterocycles. The van der Waals surface area contributed by atoms with Gasteiger partial charge in [-0.2, -0.15) is 28.8 Å². The number of benzene rings is 6. The molecule has 6 aromatic rings. The van der Waals surface area contributed by atoms with Gasteiger partial charge < -0.3 is 28.4 Å². The van der Waals surface area contributed by atoms with E-state index < -0.39 is 149 Å². The van der Waals surface area contributed by atoms with E-state index in [1.54, 1.807) is 72.8 Å². The zero-order valence-corrected chi connectivity index (χ0v) is 60.6. The number of carbonyl (C=O) groups is 12. The van der Waals surface area contributed by atoms with Crippen molar-refractivity contribution in [2.45, 2.75) is 131 Å². The minimum atomic E-state index is -1.74. The molecule has 30 heteroatoms. The monoisotopic (exact) mass is 1500 g/mol. The first-order valence-corrected chi connectivity index (χ1v) is 35.1. The van der Waals surface area contributed by atoms with Crippen LogP contribution in [0.3, 0.4) is 0 Å². The Kier molecular flexibility index (Phi) is 36.5. The summed E-state index contributed by atoms with van der Waals surface area (Å²) in [4.78, 5) is 217. The Labute approximate surface area is 622 Å². The van der Waals surface area contributed by atoms with Crippen molar-refractivity contribution in [2.75, 3.05) is 39.6 Å². The molecule has 0 saturated heterocycles. The molecule has 0 radical (unpaired) electrons. The van der Waals surface area contributed by atoms with Crippen molar-refractivity contribution in [3.63, 3.8) is 0 Å². The maximum Gasteiger partial charge on any atom is 0.549 e. The van der Waals surface area contributed by atoms with Crippen molar-refractivity contribution in [3.05, 3.63) is 212 Å². The number of carbonyl (C=O) groups excluding carboxylic acids is 12. The summed E-state index contributed by atoms with van der Waals surface area (Å²) in [5.41, 5.74) is 5.10. The fourth-order valence-electron chi connectivity index (χ4n) is 10.8. The second kappa shape index (κ2) is 46.6. The largest absolute Gasteiger partial charge is 0.549 e. The highest BCUT2D eigenvalue weighted by Gasteiger charge is 2.40. The normalized spacial score (nSPS) is 11.7. The Morgan fingerprint density at radius 1 is 0.222 bits per heavy atom. The van der Waals surface area contributed by atoms with E-state index in [0.717, 1.165) is 71.9 Å². The van der Waals surface area contributed by atoms with Crippen LogP contribution < -0.4 is 0 Å². The maximum absolute atomic E-state index is 13.8. The number of aryl methyl sites for hydroxylation is 6. The SMILES string of the molecule is CCCc1ccc(C(=O)OOC(=O)OCCC(COC(=O)OOC(=O)c2ccc(CCC)cc2)C(COC(=O)OOC(=O)c2ccc(CCC)cc2)C(COC(=O)OOC(=O)c2ccc(CCC)cc2)C(CCOC(=O)OOC(=O)c2ccc(CCC)cc2)COC(=O)OOC(=O)c2ccc(CCC)cc2)cc1. The molecule has 0 amide bonds. The van der Waals surface area contributed by atoms with Crippen LogP contribution in [-0.2, 0) is 126 Å². The molecule has 0 saturated carbocycles. The zero-order chi connectivity index (χ0) is 78.0. The Balaban J connectivity index is 1.39. The lowest BCUT2D eigenvalue weighted by molar-refractivity contribution is -0.212. The van der Waals surface area contributed by atoms with Gasteiger partial charge in [0, 0.05) is 23.7 Å². The second-order valence-corrected chi connectivity index (χ2v) is 24.3. The lowest BCUT2D eigenvalue weighted by Crippen LogP contribution is -2.41. The molecule has 30 nitrogen and oxygen atoms in total. The van der Waals surface area contributed by atoms with Gasteiger partial charge in [0.25, 0.3) is 0 Å². The van der Waals surface area contributed by atoms with E-state index in [9.17, 15) is 57.5 Å². The topological polar surface area (TPSA) is 371 Å². The van der Waals surface area contributed by atoms with Crippen LogP contribution in [0.5, 0.6) is 0 Å². The van der Waals surface area contributed by atoms with Crippen LogP contribution in [0, 0.1) is 23.7 Å². The van der Waals surface area contributed by atoms with Gasteiger partial charge in [-0.1, -0.05) is 153 Å². The number of hydrogen-bond acceptors (Lipinski definition) is 30. The summed E-state index contributed by atoms with van der Waals surface area (Å²) >= 11 is 0. The molecule has 0 aliphatic rings. The fourth-order valence-corrected chi connectivity index (χ4v) is 10.8. The minimum absolute atomic E-state index is 0.0118. The highest BCUT2D eigenvalue weighted by Crippen LogP contribution is 2.35. The predicted molar refractivity (Wildman–Crippen MR) is 373 cm³/mol. The summed E-state index contributed by atoms with van der Waals surface area (Å²) in [5, 5.41) is 0. The summed E-state index contributed by atoms with van der Waals surface area (Å²) < 4.78 is 32.8. The van der Waals surface area contributed by atoms with E-state index in [-0.39, 0.29) is 33.4 Å². The Morgan fingerprint density at radius 3 is 0.565 bits per heavy atom. The van der Waals surface area contributed by atoms with Crippen LogP contribution in [0.15, 0.2) is 146 Å². The third-order valence-corrected chi connectivity index (χ3v) is 16.3. The van der Waals surface area contributed by atoms with Crippen molar-refractivity contribution in [1.29, 1.82) is 0 Å². The molecule has 4 atom stereocenters. The van der Waals surface area contributed by atoms with Crippen LogP contribution in [0.4, 0.5) is 28.8 Å². The molecule has 6 rings (SSSR count). The van der Waals surface area contributed by atoms with Gasteiger partial charge in [0.15, 0.2) is 0 Å². The Hall–Kier alpha value is -12.2. The van der Waals surface area contributed by atoms with Gasteiger partial charge in [0.1, 0.15) is 0 Å². The average Bonchev–Trinajstić information content (AvgIpc) is 0.840. The van der Waals surface area contributed by atoms with Gasteiger partial charge in [0.2, 0.25) is 0 Å². The molecule has 0 fully saturated rings. The van der Waals surface area contributed by atoms with Crippen LogP contribution in [0.2, 0.25) is 0 Å². The van der Waals surface area contributed by atoms with Crippen LogP contribution in [0.1, 0.15) is 188 Å². The molecule has 0 N–H and O–H groups in total. The third-order valence-electron chi connectivity index (χ3n) is 16.3. The summed E-state index contributed by atoms with van der Waals surface area (Å²) in [5.74, 6) is -13.3. The molecule has 0 heterocycles. The van der Waals surface area contributed by atoms with E-state index in [1.165, 1.54) is 72.8 Å². The first-order valence-electron chi connectivity index (χ1n) is 35.1. The first kappa shape index (κ1) is 84.7. The van der Waals surface area contributed by atoms with Crippen molar-refractivity contribution in [2.24, 2.45) is 23.7 Å². The van der Waals surface area contributed by atoms with Crippen molar-refractivity contribution in [1.82, 2.24) is 0 Å². The first-order chi connectivity index (χ1) is 52.2. The third kappa shape index (κ3) is 30.1. The molecule has 0 aliphatic carbocycles. The average molecular weight is 1500 g/mol. The highest BCUT2D eigenvalue weighted by atomic mass is 17.3. The van der Waals surface area contributed by atoms with Crippen LogP contribution in [-0.4, -0.2) is 112 Å². The summed E-state index contributed by atoms with van der Waals surface area (Å²) in [6, 6.07) is 36.9. The summed E-state index contributed by atoms with van der Waals surface area (Å²) in [7, 11) is 0. The molecular weight excluding hydrogens is 1420 g/mol. The van der Waals surface area contributed by atoms with E-state index in [2.05, 4.69) is 9.78 Å². The number of hydrogen-bond donors (Lipinski definition) is 0. The van der Waals surface area contributed by atoms with Crippen molar-refractivity contribution in [3.8, 4) is 0 Å². The van der Waals surface area contributed by atoms with Gasteiger partial charge in [-0.25, -0.2) is 87.4 Å². The fraction of sp³-hybridized carbons (Fsp3) is 0.385. The molecule has 0 bridgehead atoms. The quantitative estimate of drug-likeness (QED) is 0.0154. The van der Waals surface area contributed by atoms with Gasteiger partial charge in [-0.05, 0) is 158 Å². The van der Waals surface area contributed by atoms with E-state index in [4.69, 9.17) is 77.3 Å². The molecule has 6 aromatic carbocycles. The van der Waals surface area contributed by atoms with Gasteiger partial charge in [0.05, 0.1) is 73.0 Å². The van der Waals surface area contributed by atoms with Crippen LogP contribution in [0.25, 0.3) is 0 Å².